The Morgan fingerprint density at radius 2 is 1.30 bits per heavy atom. The van der Waals surface area contributed by atoms with E-state index in [0.29, 0.717) is 0 Å². The van der Waals surface area contributed by atoms with E-state index in [1.54, 1.807) is 0 Å². The predicted molar refractivity (Wildman–Crippen MR) is 110 cm³/mol. The van der Waals surface area contributed by atoms with E-state index < -0.39 is 16.6 Å². The van der Waals surface area contributed by atoms with Crippen molar-refractivity contribution in [2.24, 2.45) is 0 Å². The van der Waals surface area contributed by atoms with E-state index in [9.17, 15) is 0 Å². The van der Waals surface area contributed by atoms with Gasteiger partial charge in [0, 0.05) is 4.48 Å². The van der Waals surface area contributed by atoms with E-state index in [1.165, 1.54) is 0 Å². The Bertz CT molecular complexity index is 482. The van der Waals surface area contributed by atoms with Gasteiger partial charge in [-0.2, -0.15) is 0 Å². The molecular weight excluding hydrogens is 384 g/mol. The number of hydrogen-bond acceptors (Lipinski definition) is 2. The molecule has 23 heavy (non-hydrogen) atoms. The molecule has 0 aromatic rings. The largest absolute Gasteiger partial charge is 0.408 e. The third kappa shape index (κ3) is 5.14. The highest BCUT2D eigenvalue weighted by Crippen LogP contribution is 2.42. The van der Waals surface area contributed by atoms with Gasteiger partial charge in [0.15, 0.2) is 16.6 Å². The maximum absolute atomic E-state index is 6.70. The van der Waals surface area contributed by atoms with Gasteiger partial charge in [-0.05, 0) is 42.3 Å². The summed E-state index contributed by atoms with van der Waals surface area (Å²) in [4.78, 5) is 0. The van der Waals surface area contributed by atoms with Crippen LogP contribution in [0.2, 0.25) is 36.3 Å². The first kappa shape index (κ1) is 21.4. The summed E-state index contributed by atoms with van der Waals surface area (Å²) in [6, 6.07) is 0. The normalized spacial score (nSPS) is 23.9. The molecule has 1 aliphatic rings. The predicted octanol–water partition coefficient (Wildman–Crippen LogP) is 6.62. The third-order valence-corrected chi connectivity index (χ3v) is 15.2. The molecule has 0 saturated heterocycles. The van der Waals surface area contributed by atoms with Crippen molar-refractivity contribution < 1.29 is 8.85 Å². The van der Waals surface area contributed by atoms with Crippen LogP contribution >= 0.6 is 15.9 Å². The summed E-state index contributed by atoms with van der Waals surface area (Å²) >= 11 is 3.72. The van der Waals surface area contributed by atoms with Crippen molar-refractivity contribution in [3.05, 3.63) is 22.7 Å². The lowest BCUT2D eigenvalue weighted by Crippen LogP contribution is -2.51. The highest BCUT2D eigenvalue weighted by molar-refractivity contribution is 9.11. The highest BCUT2D eigenvalue weighted by Gasteiger charge is 2.45. The average molecular weight is 420 g/mol. The molecule has 0 aliphatic heterocycles. The van der Waals surface area contributed by atoms with E-state index in [0.717, 1.165) is 4.48 Å². The van der Waals surface area contributed by atoms with Gasteiger partial charge in [0.2, 0.25) is 0 Å². The van der Waals surface area contributed by atoms with Crippen LogP contribution in [0.3, 0.4) is 0 Å². The number of hydrogen-bond donors (Lipinski definition) is 0. The molecule has 0 N–H and O–H groups in total. The molecule has 0 fully saturated rings. The van der Waals surface area contributed by atoms with Crippen molar-refractivity contribution in [2.45, 2.75) is 90.0 Å². The van der Waals surface area contributed by atoms with Gasteiger partial charge in [-0.3, -0.25) is 0 Å². The van der Waals surface area contributed by atoms with Crippen LogP contribution in [0.15, 0.2) is 22.7 Å². The van der Waals surface area contributed by atoms with Gasteiger partial charge in [-0.25, -0.2) is 0 Å². The minimum absolute atomic E-state index is 0.00982. The Morgan fingerprint density at radius 3 is 1.74 bits per heavy atom. The van der Waals surface area contributed by atoms with Crippen LogP contribution in [-0.2, 0) is 8.85 Å². The van der Waals surface area contributed by atoms with Gasteiger partial charge in [0.05, 0.1) is 6.10 Å². The van der Waals surface area contributed by atoms with Gasteiger partial charge in [0.1, 0.15) is 6.10 Å². The van der Waals surface area contributed by atoms with Crippen LogP contribution < -0.4 is 0 Å². The summed E-state index contributed by atoms with van der Waals surface area (Å²) in [5, 5.41) is 0.374. The maximum Gasteiger partial charge on any atom is 0.193 e. The number of allylic oxidation sites excluding steroid dienone is 2. The molecule has 1 rings (SSSR count). The van der Waals surface area contributed by atoms with E-state index in [1.807, 2.05) is 0 Å². The molecule has 5 heteroatoms. The van der Waals surface area contributed by atoms with Crippen LogP contribution in [0.5, 0.6) is 0 Å². The molecule has 2 nitrogen and oxygen atoms in total. The quantitative estimate of drug-likeness (QED) is 0.477. The fraction of sp³-hybridized carbons (Fsp3) is 0.778. The molecule has 0 bridgehead atoms. The van der Waals surface area contributed by atoms with Crippen LogP contribution in [0.1, 0.15) is 41.5 Å². The third-order valence-electron chi connectivity index (χ3n) is 5.59. The average Bonchev–Trinajstić information content (AvgIpc) is 2.30. The number of halogens is 1. The Hall–Kier alpha value is 0.314. The summed E-state index contributed by atoms with van der Waals surface area (Å²) < 4.78 is 14.5. The molecule has 134 valence electrons. The summed E-state index contributed by atoms with van der Waals surface area (Å²) in [5.74, 6) is 0. The Kier molecular flexibility index (Phi) is 6.41. The van der Waals surface area contributed by atoms with Crippen LogP contribution in [0.25, 0.3) is 0 Å². The lowest BCUT2D eigenvalue weighted by atomic mass is 10.1. The molecule has 1 aliphatic carbocycles. The van der Waals surface area contributed by atoms with E-state index >= 15 is 0 Å². The van der Waals surface area contributed by atoms with Crippen molar-refractivity contribution in [3.8, 4) is 0 Å². The minimum Gasteiger partial charge on any atom is -0.408 e. The zero-order chi connectivity index (χ0) is 18.3. The first-order chi connectivity index (χ1) is 10.1. The fourth-order valence-electron chi connectivity index (χ4n) is 1.85. The first-order valence-corrected chi connectivity index (χ1v) is 15.1. The lowest BCUT2D eigenvalue weighted by molar-refractivity contribution is 0.0906. The zero-order valence-electron chi connectivity index (χ0n) is 16.6. The maximum atomic E-state index is 6.70. The summed E-state index contributed by atoms with van der Waals surface area (Å²) in [7, 11) is -3.72. The second kappa shape index (κ2) is 6.91. The van der Waals surface area contributed by atoms with Crippen molar-refractivity contribution in [2.75, 3.05) is 0 Å². The zero-order valence-corrected chi connectivity index (χ0v) is 20.2. The molecule has 0 unspecified atom stereocenters. The monoisotopic (exact) mass is 418 g/mol. The molecule has 0 saturated carbocycles. The highest BCUT2D eigenvalue weighted by atomic mass is 79.9. The van der Waals surface area contributed by atoms with Gasteiger partial charge in [0.25, 0.3) is 0 Å². The van der Waals surface area contributed by atoms with Gasteiger partial charge < -0.3 is 8.85 Å². The molecule has 0 spiro atoms. The molecule has 0 heterocycles. The standard InChI is InChI=1S/C18H35BrO2Si2/c1-17(2,3)22(7,8)20-15-13-11-12-14(19)16(15)21-23(9,10)18(4,5)6/h11-13,15-16H,1-10H3/t15-,16-/m1/s1. The van der Waals surface area contributed by atoms with Crippen molar-refractivity contribution in [3.63, 3.8) is 0 Å². The van der Waals surface area contributed by atoms with Gasteiger partial charge in [-0.15, -0.1) is 0 Å². The minimum atomic E-state index is -1.87. The van der Waals surface area contributed by atoms with E-state index in [-0.39, 0.29) is 22.3 Å². The van der Waals surface area contributed by atoms with Gasteiger partial charge in [-0.1, -0.05) is 69.6 Å². The molecule has 0 radical (unpaired) electrons. The molecule has 0 aromatic heterocycles. The SMILES string of the molecule is CC(C)(C)[Si](C)(C)O[C@@H]1C(Br)=CC=C[C@H]1O[Si](C)(C)C(C)(C)C. The topological polar surface area (TPSA) is 18.5 Å². The van der Waals surface area contributed by atoms with Gasteiger partial charge >= 0.3 is 0 Å². The van der Waals surface area contributed by atoms with E-state index in [2.05, 4.69) is 102 Å². The smallest absolute Gasteiger partial charge is 0.193 e. The van der Waals surface area contributed by atoms with Crippen molar-refractivity contribution >= 4 is 32.6 Å². The lowest BCUT2D eigenvalue weighted by Gasteiger charge is -2.45. The van der Waals surface area contributed by atoms with E-state index in [4.69, 9.17) is 8.85 Å². The molecule has 0 amide bonds. The summed E-state index contributed by atoms with van der Waals surface area (Å²) in [6.45, 7) is 22.9. The molecular formula is C18H35BrO2Si2. The fourth-order valence-corrected chi connectivity index (χ4v) is 5.01. The first-order valence-electron chi connectivity index (χ1n) is 8.48. The summed E-state index contributed by atoms with van der Waals surface area (Å²) in [5.41, 5.74) is 0. The molecule has 0 aromatic carbocycles. The Balaban J connectivity index is 3.04. The Morgan fingerprint density at radius 1 is 0.870 bits per heavy atom. The van der Waals surface area contributed by atoms with Crippen LogP contribution in [-0.4, -0.2) is 28.8 Å². The second-order valence-corrected chi connectivity index (χ2v) is 20.0. The summed E-state index contributed by atoms with van der Waals surface area (Å²) in [6.07, 6.45) is 6.28. The van der Waals surface area contributed by atoms with Crippen LogP contribution in [0, 0.1) is 0 Å². The van der Waals surface area contributed by atoms with Crippen LogP contribution in [0.4, 0.5) is 0 Å². The van der Waals surface area contributed by atoms with Crippen molar-refractivity contribution in [1.29, 1.82) is 0 Å². The second-order valence-electron chi connectivity index (χ2n) is 9.58. The molecule has 2 atom stereocenters. The number of rotatable bonds is 4. The van der Waals surface area contributed by atoms with Crippen molar-refractivity contribution in [1.82, 2.24) is 0 Å². The Labute approximate surface area is 154 Å².